The number of carbonyl (C=O) groups excluding carboxylic acids is 1. The fourth-order valence-corrected chi connectivity index (χ4v) is 2.98. The minimum Gasteiger partial charge on any atom is -0.494 e. The zero-order chi connectivity index (χ0) is 18.4. The molecule has 1 heterocycles. The van der Waals surface area contributed by atoms with Crippen molar-refractivity contribution < 1.29 is 23.8 Å². The lowest BCUT2D eigenvalue weighted by Crippen LogP contribution is -2.33. The van der Waals surface area contributed by atoms with Crippen molar-refractivity contribution in [2.75, 3.05) is 7.11 Å². The van der Waals surface area contributed by atoms with E-state index < -0.39 is 23.7 Å². The van der Waals surface area contributed by atoms with E-state index in [2.05, 4.69) is 10.3 Å². The fraction of sp³-hybridized carbons (Fsp3) is 0.353. The third-order valence-corrected chi connectivity index (χ3v) is 4.39. The summed E-state index contributed by atoms with van der Waals surface area (Å²) in [5.41, 5.74) is 1.07. The molecular formula is C17H19FN2O4S. The molecule has 0 aliphatic carbocycles. The average Bonchev–Trinajstić information content (AvgIpc) is 2.97. The topological polar surface area (TPSA) is 88.5 Å². The van der Waals surface area contributed by atoms with Crippen molar-refractivity contribution in [3.8, 4) is 5.75 Å². The fourth-order valence-electron chi connectivity index (χ4n) is 2.34. The Hall–Kier alpha value is -2.48. The van der Waals surface area contributed by atoms with Gasteiger partial charge in [0.1, 0.15) is 0 Å². The maximum absolute atomic E-state index is 13.8. The van der Waals surface area contributed by atoms with Crippen molar-refractivity contribution in [3.63, 3.8) is 0 Å². The molecule has 134 valence electrons. The third-order valence-electron chi connectivity index (χ3n) is 3.56. The summed E-state index contributed by atoms with van der Waals surface area (Å²) in [6.45, 7) is 1.91. The molecule has 0 saturated heterocycles. The molecule has 0 fully saturated rings. The Bertz CT molecular complexity index is 763. The smallest absolute Gasteiger partial charge is 0.330 e. The summed E-state index contributed by atoms with van der Waals surface area (Å²) in [7, 11) is 1.32. The van der Waals surface area contributed by atoms with Crippen molar-refractivity contribution in [1.29, 1.82) is 0 Å². The minimum atomic E-state index is -1.31. The molecule has 0 radical (unpaired) electrons. The number of aromatic nitrogens is 1. The van der Waals surface area contributed by atoms with Gasteiger partial charge in [0, 0.05) is 11.8 Å². The number of aryl methyl sites for hydroxylation is 2. The van der Waals surface area contributed by atoms with Crippen LogP contribution in [0.15, 0.2) is 23.6 Å². The summed E-state index contributed by atoms with van der Waals surface area (Å²) < 4.78 is 18.6. The lowest BCUT2D eigenvalue weighted by Gasteiger charge is -2.15. The Morgan fingerprint density at radius 1 is 1.44 bits per heavy atom. The number of hydrogen-bond donors (Lipinski definition) is 2. The number of thiazole rings is 1. The van der Waals surface area contributed by atoms with E-state index in [0.717, 1.165) is 16.8 Å². The number of aliphatic carboxylic acids is 1. The van der Waals surface area contributed by atoms with Gasteiger partial charge in [0.2, 0.25) is 5.91 Å². The van der Waals surface area contributed by atoms with Gasteiger partial charge in [-0.25, -0.2) is 14.2 Å². The second-order valence-corrected chi connectivity index (χ2v) is 6.51. The maximum atomic E-state index is 13.8. The monoisotopic (exact) mass is 366 g/mol. The van der Waals surface area contributed by atoms with Crippen molar-refractivity contribution in [2.24, 2.45) is 0 Å². The number of halogens is 1. The Labute approximate surface area is 148 Å². The van der Waals surface area contributed by atoms with E-state index >= 15 is 0 Å². The van der Waals surface area contributed by atoms with E-state index in [1.165, 1.54) is 19.2 Å². The molecule has 1 atom stereocenters. The zero-order valence-corrected chi connectivity index (χ0v) is 14.7. The van der Waals surface area contributed by atoms with Gasteiger partial charge in [-0.05, 0) is 37.5 Å². The van der Waals surface area contributed by atoms with Crippen LogP contribution in [0.3, 0.4) is 0 Å². The lowest BCUT2D eigenvalue weighted by molar-refractivity contribution is -0.142. The summed E-state index contributed by atoms with van der Waals surface area (Å²) in [4.78, 5) is 27.8. The quantitative estimate of drug-likeness (QED) is 0.750. The molecule has 25 heavy (non-hydrogen) atoms. The van der Waals surface area contributed by atoms with Crippen LogP contribution in [0.1, 0.15) is 35.1 Å². The molecule has 1 aromatic carbocycles. The number of carboxylic acid groups (broad SMARTS) is 1. The Balaban J connectivity index is 1.95. The molecule has 2 N–H and O–H groups in total. The van der Waals surface area contributed by atoms with E-state index in [1.807, 2.05) is 12.3 Å². The standard InChI is InChI=1S/C17H19FN2O4S/c1-10-19-12(9-25-10)4-3-5-15(21)20-16(17(22)23)11-6-7-14(24-2)13(18)8-11/h6-9,16H,3-5H2,1-2H3,(H,20,21)(H,22,23). The number of ether oxygens (including phenoxy) is 1. The summed E-state index contributed by atoms with van der Waals surface area (Å²) in [5.74, 6) is -2.33. The van der Waals surface area contributed by atoms with Gasteiger partial charge in [-0.15, -0.1) is 11.3 Å². The van der Waals surface area contributed by atoms with Crippen molar-refractivity contribution in [2.45, 2.75) is 32.2 Å². The van der Waals surface area contributed by atoms with Crippen LogP contribution >= 0.6 is 11.3 Å². The summed E-state index contributed by atoms with van der Waals surface area (Å²) in [5, 5.41) is 14.6. The third kappa shape index (κ3) is 5.25. The average molecular weight is 366 g/mol. The summed E-state index contributed by atoms with van der Waals surface area (Å²) >= 11 is 1.54. The normalized spacial score (nSPS) is 11.8. The van der Waals surface area contributed by atoms with Crippen molar-refractivity contribution >= 4 is 23.2 Å². The predicted octanol–water partition coefficient (Wildman–Crippen LogP) is 2.86. The van der Waals surface area contributed by atoms with E-state index in [9.17, 15) is 19.1 Å². The molecule has 1 amide bonds. The van der Waals surface area contributed by atoms with Crippen LogP contribution in [0.4, 0.5) is 4.39 Å². The first-order valence-corrected chi connectivity index (χ1v) is 8.55. The van der Waals surface area contributed by atoms with Crippen molar-refractivity contribution in [3.05, 3.63) is 45.7 Å². The molecule has 0 saturated carbocycles. The highest BCUT2D eigenvalue weighted by molar-refractivity contribution is 7.09. The number of rotatable bonds is 8. The van der Waals surface area contributed by atoms with Crippen LogP contribution < -0.4 is 10.1 Å². The number of carbonyl (C=O) groups is 2. The molecule has 2 aromatic rings. The highest BCUT2D eigenvalue weighted by Gasteiger charge is 2.23. The van der Waals surface area contributed by atoms with Gasteiger partial charge >= 0.3 is 5.97 Å². The molecule has 1 unspecified atom stereocenters. The van der Waals surface area contributed by atoms with Crippen LogP contribution in [-0.2, 0) is 16.0 Å². The number of nitrogens with zero attached hydrogens (tertiary/aromatic N) is 1. The molecule has 2 rings (SSSR count). The molecule has 0 aliphatic heterocycles. The lowest BCUT2D eigenvalue weighted by atomic mass is 10.1. The molecular weight excluding hydrogens is 347 g/mol. The second-order valence-electron chi connectivity index (χ2n) is 5.44. The van der Waals surface area contributed by atoms with Gasteiger partial charge in [-0.2, -0.15) is 0 Å². The first-order valence-electron chi connectivity index (χ1n) is 7.67. The minimum absolute atomic E-state index is 0.0118. The van der Waals surface area contributed by atoms with E-state index in [-0.39, 0.29) is 17.7 Å². The SMILES string of the molecule is COc1ccc(C(NC(=O)CCCc2csc(C)n2)C(=O)O)cc1F. The van der Waals surface area contributed by atoms with Crippen LogP contribution in [-0.4, -0.2) is 29.1 Å². The Morgan fingerprint density at radius 3 is 2.76 bits per heavy atom. The summed E-state index contributed by atoms with van der Waals surface area (Å²) in [6, 6.07) is 2.49. The highest BCUT2D eigenvalue weighted by Crippen LogP contribution is 2.22. The predicted molar refractivity (Wildman–Crippen MR) is 91.3 cm³/mol. The molecule has 0 spiro atoms. The van der Waals surface area contributed by atoms with Gasteiger partial charge in [-0.1, -0.05) is 6.07 Å². The largest absolute Gasteiger partial charge is 0.494 e. The van der Waals surface area contributed by atoms with Gasteiger partial charge in [0.25, 0.3) is 0 Å². The Kier molecular flexibility index (Phi) is 6.46. The molecule has 6 nitrogen and oxygen atoms in total. The van der Waals surface area contributed by atoms with Gasteiger partial charge in [0.05, 0.1) is 17.8 Å². The van der Waals surface area contributed by atoms with Crippen molar-refractivity contribution in [1.82, 2.24) is 10.3 Å². The van der Waals surface area contributed by atoms with Gasteiger partial charge in [-0.3, -0.25) is 4.79 Å². The first-order chi connectivity index (χ1) is 11.9. The molecule has 0 aliphatic rings. The second kappa shape index (κ2) is 8.57. The number of carboxylic acids is 1. The van der Waals surface area contributed by atoms with E-state index in [4.69, 9.17) is 4.74 Å². The van der Waals surface area contributed by atoms with Crippen LogP contribution in [0.25, 0.3) is 0 Å². The van der Waals surface area contributed by atoms with Gasteiger partial charge < -0.3 is 15.2 Å². The zero-order valence-electron chi connectivity index (χ0n) is 13.9. The number of amides is 1. The number of hydrogen-bond acceptors (Lipinski definition) is 5. The first kappa shape index (κ1) is 18.9. The van der Waals surface area contributed by atoms with Crippen LogP contribution in [0.5, 0.6) is 5.75 Å². The number of benzene rings is 1. The number of nitrogens with one attached hydrogen (secondary N) is 1. The van der Waals surface area contributed by atoms with Crippen LogP contribution in [0, 0.1) is 12.7 Å². The maximum Gasteiger partial charge on any atom is 0.330 e. The van der Waals surface area contributed by atoms with Crippen LogP contribution in [0.2, 0.25) is 0 Å². The molecule has 8 heteroatoms. The highest BCUT2D eigenvalue weighted by atomic mass is 32.1. The molecule has 0 bridgehead atoms. The summed E-state index contributed by atoms with van der Waals surface area (Å²) in [6.07, 6.45) is 1.37. The van der Waals surface area contributed by atoms with E-state index in [1.54, 1.807) is 11.3 Å². The van der Waals surface area contributed by atoms with E-state index in [0.29, 0.717) is 12.8 Å². The number of methoxy groups -OCH3 is 1. The molecule has 1 aromatic heterocycles. The Morgan fingerprint density at radius 2 is 2.20 bits per heavy atom. The van der Waals surface area contributed by atoms with Gasteiger partial charge in [0.15, 0.2) is 17.6 Å².